The first-order chi connectivity index (χ1) is 11.9. The zero-order chi connectivity index (χ0) is 18.6. The minimum Gasteiger partial charge on any atom is -0.496 e. The van der Waals surface area contributed by atoms with Gasteiger partial charge in [-0.05, 0) is 26.8 Å². The summed E-state index contributed by atoms with van der Waals surface area (Å²) in [6.07, 6.45) is 0.479. The van der Waals surface area contributed by atoms with Gasteiger partial charge in [-0.15, -0.1) is 11.8 Å². The molecule has 1 heterocycles. The van der Waals surface area contributed by atoms with E-state index in [1.54, 1.807) is 18.9 Å². The number of thioether (sulfide) groups is 1. The third-order valence-electron chi connectivity index (χ3n) is 4.48. The van der Waals surface area contributed by atoms with Crippen LogP contribution in [-0.2, 0) is 9.59 Å². The molecule has 0 unspecified atom stereocenters. The SMILES string of the molecule is CCC(=O)N(CCN1C(=O)[C@H](C)S[C@H]1c1ccccc1OC)C(C)C. The van der Waals surface area contributed by atoms with Crippen LogP contribution in [0.2, 0.25) is 0 Å². The monoisotopic (exact) mass is 364 g/mol. The van der Waals surface area contributed by atoms with Crippen LogP contribution >= 0.6 is 11.8 Å². The van der Waals surface area contributed by atoms with Gasteiger partial charge in [-0.1, -0.05) is 25.1 Å². The number of hydrogen-bond acceptors (Lipinski definition) is 4. The van der Waals surface area contributed by atoms with Crippen LogP contribution in [0.25, 0.3) is 0 Å². The summed E-state index contributed by atoms with van der Waals surface area (Å²) < 4.78 is 5.48. The summed E-state index contributed by atoms with van der Waals surface area (Å²) in [4.78, 5) is 28.6. The standard InChI is InChI=1S/C19H28N2O3S/c1-6-17(22)20(13(2)3)11-12-21-18(23)14(4)25-19(21)15-9-7-8-10-16(15)24-5/h7-10,13-14,19H,6,11-12H2,1-5H3/t14-,19-/m0/s1. The van der Waals surface area contributed by atoms with E-state index in [1.165, 1.54) is 0 Å². The minimum absolute atomic E-state index is 0.0793. The third-order valence-corrected chi connectivity index (χ3v) is 5.86. The van der Waals surface area contributed by atoms with Gasteiger partial charge in [0.05, 0.1) is 12.4 Å². The molecule has 1 aromatic rings. The Bertz CT molecular complexity index is 620. The first-order valence-corrected chi connectivity index (χ1v) is 9.73. The highest BCUT2D eigenvalue weighted by Gasteiger charge is 2.39. The number of carbonyl (C=O) groups excluding carboxylic acids is 2. The van der Waals surface area contributed by atoms with Crippen LogP contribution in [0.4, 0.5) is 0 Å². The Balaban J connectivity index is 2.21. The highest BCUT2D eigenvalue weighted by Crippen LogP contribution is 2.45. The van der Waals surface area contributed by atoms with E-state index in [1.807, 2.05) is 61.8 Å². The van der Waals surface area contributed by atoms with Gasteiger partial charge in [-0.2, -0.15) is 0 Å². The van der Waals surface area contributed by atoms with Gasteiger partial charge < -0.3 is 14.5 Å². The average molecular weight is 365 g/mol. The first-order valence-electron chi connectivity index (χ1n) is 8.79. The van der Waals surface area contributed by atoms with Crippen LogP contribution in [0, 0.1) is 0 Å². The van der Waals surface area contributed by atoms with Crippen LogP contribution in [0.3, 0.4) is 0 Å². The highest BCUT2D eigenvalue weighted by molar-refractivity contribution is 8.01. The van der Waals surface area contributed by atoms with Crippen LogP contribution in [0.1, 0.15) is 45.1 Å². The minimum atomic E-state index is -0.0933. The topological polar surface area (TPSA) is 49.9 Å². The molecule has 138 valence electrons. The van der Waals surface area contributed by atoms with Crippen molar-refractivity contribution in [2.24, 2.45) is 0 Å². The second-order valence-electron chi connectivity index (χ2n) is 6.44. The lowest BCUT2D eigenvalue weighted by Crippen LogP contribution is -2.43. The van der Waals surface area contributed by atoms with E-state index in [0.29, 0.717) is 19.5 Å². The van der Waals surface area contributed by atoms with Gasteiger partial charge in [0, 0.05) is 31.1 Å². The number of rotatable bonds is 7. The Labute approximate surface area is 154 Å². The molecule has 1 aromatic carbocycles. The molecule has 1 aliphatic heterocycles. The summed E-state index contributed by atoms with van der Waals surface area (Å²) >= 11 is 1.63. The molecule has 6 heteroatoms. The molecule has 0 bridgehead atoms. The van der Waals surface area contributed by atoms with Gasteiger partial charge in [0.1, 0.15) is 11.1 Å². The molecule has 2 rings (SSSR count). The van der Waals surface area contributed by atoms with Crippen molar-refractivity contribution in [2.75, 3.05) is 20.2 Å². The van der Waals surface area contributed by atoms with Crippen molar-refractivity contribution in [3.05, 3.63) is 29.8 Å². The molecule has 0 N–H and O–H groups in total. The fourth-order valence-electron chi connectivity index (χ4n) is 3.10. The van der Waals surface area contributed by atoms with Crippen LogP contribution in [0.5, 0.6) is 5.75 Å². The number of ether oxygens (including phenoxy) is 1. The van der Waals surface area contributed by atoms with Crippen molar-refractivity contribution in [2.45, 2.75) is 50.8 Å². The lowest BCUT2D eigenvalue weighted by Gasteiger charge is -2.31. The maximum absolute atomic E-state index is 12.7. The van der Waals surface area contributed by atoms with E-state index >= 15 is 0 Å². The Hall–Kier alpha value is -1.69. The van der Waals surface area contributed by atoms with Crippen molar-refractivity contribution in [1.82, 2.24) is 9.80 Å². The predicted octanol–water partition coefficient (Wildman–Crippen LogP) is 3.30. The summed E-state index contributed by atoms with van der Waals surface area (Å²) in [6, 6.07) is 7.94. The molecule has 2 atom stereocenters. The molecular weight excluding hydrogens is 336 g/mol. The molecule has 0 aromatic heterocycles. The van der Waals surface area contributed by atoms with Crippen molar-refractivity contribution >= 4 is 23.6 Å². The maximum atomic E-state index is 12.7. The number of carbonyl (C=O) groups is 2. The second kappa shape index (κ2) is 8.61. The number of benzene rings is 1. The Morgan fingerprint density at radius 3 is 2.64 bits per heavy atom. The van der Waals surface area contributed by atoms with E-state index in [-0.39, 0.29) is 28.5 Å². The summed E-state index contributed by atoms with van der Waals surface area (Å²) in [7, 11) is 1.65. The number of nitrogens with zero attached hydrogens (tertiary/aromatic N) is 2. The van der Waals surface area contributed by atoms with Gasteiger partial charge in [0.2, 0.25) is 11.8 Å². The van der Waals surface area contributed by atoms with E-state index < -0.39 is 0 Å². The van der Waals surface area contributed by atoms with Gasteiger partial charge in [-0.3, -0.25) is 9.59 Å². The summed E-state index contributed by atoms with van der Waals surface area (Å²) in [5, 5.41) is -0.173. The largest absolute Gasteiger partial charge is 0.496 e. The van der Waals surface area contributed by atoms with Crippen molar-refractivity contribution in [1.29, 1.82) is 0 Å². The van der Waals surface area contributed by atoms with Crippen molar-refractivity contribution in [3.8, 4) is 5.75 Å². The molecule has 0 spiro atoms. The van der Waals surface area contributed by atoms with E-state index in [9.17, 15) is 9.59 Å². The molecule has 0 radical (unpaired) electrons. The molecule has 1 aliphatic rings. The van der Waals surface area contributed by atoms with Gasteiger partial charge >= 0.3 is 0 Å². The summed E-state index contributed by atoms with van der Waals surface area (Å²) in [6.45, 7) is 8.90. The van der Waals surface area contributed by atoms with Gasteiger partial charge in [0.25, 0.3) is 0 Å². The number of amides is 2. The van der Waals surface area contributed by atoms with E-state index in [2.05, 4.69) is 0 Å². The lowest BCUT2D eigenvalue weighted by atomic mass is 10.1. The average Bonchev–Trinajstić information content (AvgIpc) is 2.89. The Kier molecular flexibility index (Phi) is 6.76. The lowest BCUT2D eigenvalue weighted by molar-refractivity contribution is -0.135. The van der Waals surface area contributed by atoms with Gasteiger partial charge in [0.15, 0.2) is 0 Å². The maximum Gasteiger partial charge on any atom is 0.236 e. The number of hydrogen-bond donors (Lipinski definition) is 0. The third kappa shape index (κ3) is 4.29. The first kappa shape index (κ1) is 19.6. The van der Waals surface area contributed by atoms with Crippen molar-refractivity contribution in [3.63, 3.8) is 0 Å². The fraction of sp³-hybridized carbons (Fsp3) is 0.579. The predicted molar refractivity (Wildman–Crippen MR) is 102 cm³/mol. The van der Waals surface area contributed by atoms with Gasteiger partial charge in [-0.25, -0.2) is 0 Å². The molecule has 5 nitrogen and oxygen atoms in total. The fourth-order valence-corrected chi connectivity index (χ4v) is 4.44. The zero-order valence-corrected chi connectivity index (χ0v) is 16.5. The van der Waals surface area contributed by atoms with Crippen molar-refractivity contribution < 1.29 is 14.3 Å². The smallest absolute Gasteiger partial charge is 0.236 e. The van der Waals surface area contributed by atoms with Crippen LogP contribution < -0.4 is 4.74 Å². The quantitative estimate of drug-likeness (QED) is 0.745. The molecule has 0 aliphatic carbocycles. The molecule has 25 heavy (non-hydrogen) atoms. The Morgan fingerprint density at radius 2 is 2.04 bits per heavy atom. The van der Waals surface area contributed by atoms with E-state index in [4.69, 9.17) is 4.74 Å². The molecule has 0 saturated carbocycles. The molecular formula is C19H28N2O3S. The number of methoxy groups -OCH3 is 1. The van der Waals surface area contributed by atoms with Crippen LogP contribution in [0.15, 0.2) is 24.3 Å². The normalized spacial score (nSPS) is 20.2. The Morgan fingerprint density at radius 1 is 1.36 bits per heavy atom. The highest BCUT2D eigenvalue weighted by atomic mass is 32.2. The molecule has 2 amide bonds. The summed E-state index contributed by atoms with van der Waals surface area (Å²) in [5.41, 5.74) is 1.01. The number of para-hydroxylation sites is 1. The van der Waals surface area contributed by atoms with Crippen LogP contribution in [-0.4, -0.2) is 53.1 Å². The second-order valence-corrected chi connectivity index (χ2v) is 7.86. The molecule has 1 saturated heterocycles. The molecule has 1 fully saturated rings. The van der Waals surface area contributed by atoms with E-state index in [0.717, 1.165) is 11.3 Å². The zero-order valence-electron chi connectivity index (χ0n) is 15.7. The summed E-state index contributed by atoms with van der Waals surface area (Å²) in [5.74, 6) is 1.03.